The highest BCUT2D eigenvalue weighted by molar-refractivity contribution is 9.10. The Bertz CT molecular complexity index is 486. The first kappa shape index (κ1) is 16.0. The molecule has 1 rings (SSSR count). The van der Waals surface area contributed by atoms with Crippen molar-refractivity contribution in [1.82, 2.24) is 0 Å². The Kier molecular flexibility index (Phi) is 5.38. The van der Waals surface area contributed by atoms with E-state index in [1.165, 1.54) is 0 Å². The van der Waals surface area contributed by atoms with Gasteiger partial charge in [0.15, 0.2) is 0 Å². The second-order valence-electron chi connectivity index (χ2n) is 4.89. The van der Waals surface area contributed by atoms with E-state index >= 15 is 0 Å². The number of hydrogen-bond donors (Lipinski definition) is 2. The van der Waals surface area contributed by atoms with Gasteiger partial charge in [0.2, 0.25) is 0 Å². The van der Waals surface area contributed by atoms with Crippen LogP contribution in [0.15, 0.2) is 10.5 Å². The van der Waals surface area contributed by atoms with Crippen molar-refractivity contribution in [2.45, 2.75) is 39.2 Å². The summed E-state index contributed by atoms with van der Waals surface area (Å²) in [6, 6.07) is 1.09. The highest BCUT2D eigenvalue weighted by Gasteiger charge is 2.21. The van der Waals surface area contributed by atoms with Crippen molar-refractivity contribution in [3.05, 3.63) is 27.2 Å². The lowest BCUT2D eigenvalue weighted by atomic mass is 9.92. The highest BCUT2D eigenvalue weighted by Crippen LogP contribution is 2.37. The number of rotatable bonds is 5. The maximum Gasteiger partial charge on any atom is 0.320 e. The number of methoxy groups -OCH3 is 1. The van der Waals surface area contributed by atoms with Gasteiger partial charge in [-0.05, 0) is 30.0 Å². The second-order valence-corrected chi connectivity index (χ2v) is 5.74. The Balaban J connectivity index is 3.38. The first-order valence-electron chi connectivity index (χ1n) is 6.13. The third-order valence-corrected chi connectivity index (χ3v) is 4.02. The Labute approximate surface area is 122 Å². The number of hydrogen-bond acceptors (Lipinski definition) is 3. The van der Waals surface area contributed by atoms with Gasteiger partial charge in [-0.25, -0.2) is 0 Å². The molecule has 19 heavy (non-hydrogen) atoms. The molecule has 0 bridgehead atoms. The van der Waals surface area contributed by atoms with Crippen LogP contribution in [0, 0.1) is 6.92 Å². The molecule has 0 amide bonds. The molecule has 3 N–H and O–H groups in total. The molecule has 0 saturated heterocycles. The Morgan fingerprint density at radius 2 is 2.11 bits per heavy atom. The van der Waals surface area contributed by atoms with Crippen LogP contribution in [0.3, 0.4) is 0 Å². The molecule has 0 spiro atoms. The standard InChI is InChI=1S/C14H20BrNO3/c1-7(2)9-5-11(15)8(3)10(13(9)19-4)6-12(16)14(17)18/h5,7,12H,6,16H2,1-4H3,(H,17,18). The molecule has 0 radical (unpaired) electrons. The molecule has 1 atom stereocenters. The maximum atomic E-state index is 10.9. The van der Waals surface area contributed by atoms with Crippen LogP contribution in [-0.4, -0.2) is 24.2 Å². The number of halogens is 1. The van der Waals surface area contributed by atoms with Gasteiger partial charge in [0.25, 0.3) is 0 Å². The van der Waals surface area contributed by atoms with Crippen molar-refractivity contribution in [3.8, 4) is 5.75 Å². The molecule has 0 aliphatic carbocycles. The predicted octanol–water partition coefficient (Wildman–Crippen LogP) is 2.84. The Hall–Kier alpha value is -1.07. The van der Waals surface area contributed by atoms with E-state index in [0.29, 0.717) is 0 Å². The van der Waals surface area contributed by atoms with E-state index in [4.69, 9.17) is 15.6 Å². The van der Waals surface area contributed by atoms with Gasteiger partial charge >= 0.3 is 5.97 Å². The molecule has 0 saturated carbocycles. The van der Waals surface area contributed by atoms with Crippen molar-refractivity contribution >= 4 is 21.9 Å². The molecule has 0 aliphatic heterocycles. The molecule has 0 heterocycles. The average Bonchev–Trinajstić information content (AvgIpc) is 2.34. The van der Waals surface area contributed by atoms with Crippen molar-refractivity contribution in [2.75, 3.05) is 7.11 Å². The van der Waals surface area contributed by atoms with E-state index in [1.54, 1.807) is 7.11 Å². The minimum atomic E-state index is -1.01. The van der Waals surface area contributed by atoms with Crippen LogP contribution >= 0.6 is 15.9 Å². The van der Waals surface area contributed by atoms with Crippen LogP contribution in [0.5, 0.6) is 5.75 Å². The first-order valence-corrected chi connectivity index (χ1v) is 6.93. The van der Waals surface area contributed by atoms with Crippen molar-refractivity contribution < 1.29 is 14.6 Å². The van der Waals surface area contributed by atoms with Gasteiger partial charge in [-0.15, -0.1) is 0 Å². The molecule has 1 unspecified atom stereocenters. The maximum absolute atomic E-state index is 10.9. The fraction of sp³-hybridized carbons (Fsp3) is 0.500. The fourth-order valence-electron chi connectivity index (χ4n) is 2.02. The lowest BCUT2D eigenvalue weighted by Crippen LogP contribution is -2.32. The summed E-state index contributed by atoms with van der Waals surface area (Å²) in [5.74, 6) is 0.0200. The zero-order chi connectivity index (χ0) is 14.7. The average molecular weight is 330 g/mol. The number of carboxylic acids is 1. The number of ether oxygens (including phenoxy) is 1. The molecule has 5 heteroatoms. The molecule has 0 aromatic heterocycles. The van der Waals surface area contributed by atoms with Gasteiger partial charge in [0, 0.05) is 16.5 Å². The quantitative estimate of drug-likeness (QED) is 0.871. The zero-order valence-electron chi connectivity index (χ0n) is 11.7. The Morgan fingerprint density at radius 1 is 1.53 bits per heavy atom. The summed E-state index contributed by atoms with van der Waals surface area (Å²) in [4.78, 5) is 10.9. The molecular formula is C14H20BrNO3. The lowest BCUT2D eigenvalue weighted by Gasteiger charge is -2.20. The minimum absolute atomic E-state index is 0.253. The SMILES string of the molecule is COc1c(C(C)C)cc(Br)c(C)c1CC(N)C(=O)O. The summed E-state index contributed by atoms with van der Waals surface area (Å²) in [5.41, 5.74) is 8.52. The Morgan fingerprint density at radius 3 is 2.53 bits per heavy atom. The molecule has 1 aromatic carbocycles. The molecule has 0 aliphatic rings. The number of aliphatic carboxylic acids is 1. The monoisotopic (exact) mass is 329 g/mol. The normalized spacial score (nSPS) is 12.6. The van der Waals surface area contributed by atoms with Crippen LogP contribution in [-0.2, 0) is 11.2 Å². The van der Waals surface area contributed by atoms with E-state index in [1.807, 2.05) is 13.0 Å². The van der Waals surface area contributed by atoms with Crippen LogP contribution in [0.4, 0.5) is 0 Å². The van der Waals surface area contributed by atoms with E-state index in [9.17, 15) is 4.79 Å². The van der Waals surface area contributed by atoms with E-state index in [-0.39, 0.29) is 12.3 Å². The third-order valence-electron chi connectivity index (χ3n) is 3.20. The van der Waals surface area contributed by atoms with Crippen LogP contribution < -0.4 is 10.5 Å². The third kappa shape index (κ3) is 3.48. The number of nitrogens with two attached hydrogens (primary N) is 1. The van der Waals surface area contributed by atoms with Gasteiger partial charge < -0.3 is 15.6 Å². The smallest absolute Gasteiger partial charge is 0.320 e. The molecule has 4 nitrogen and oxygen atoms in total. The van der Waals surface area contributed by atoms with Crippen LogP contribution in [0.2, 0.25) is 0 Å². The van der Waals surface area contributed by atoms with Gasteiger partial charge in [-0.3, -0.25) is 4.79 Å². The largest absolute Gasteiger partial charge is 0.496 e. The lowest BCUT2D eigenvalue weighted by molar-refractivity contribution is -0.138. The topological polar surface area (TPSA) is 72.5 Å². The van der Waals surface area contributed by atoms with Gasteiger partial charge in [0.1, 0.15) is 11.8 Å². The fourth-order valence-corrected chi connectivity index (χ4v) is 2.51. The second kappa shape index (κ2) is 6.39. The van der Waals surface area contributed by atoms with Gasteiger partial charge in [-0.2, -0.15) is 0 Å². The van der Waals surface area contributed by atoms with Crippen molar-refractivity contribution in [1.29, 1.82) is 0 Å². The summed E-state index contributed by atoms with van der Waals surface area (Å²) in [7, 11) is 1.60. The summed E-state index contributed by atoms with van der Waals surface area (Å²) < 4.78 is 6.43. The summed E-state index contributed by atoms with van der Waals surface area (Å²) in [5, 5.41) is 8.97. The number of benzene rings is 1. The van der Waals surface area contributed by atoms with Crippen molar-refractivity contribution in [2.24, 2.45) is 5.73 Å². The minimum Gasteiger partial charge on any atom is -0.496 e. The van der Waals surface area contributed by atoms with E-state index in [0.717, 1.165) is 26.9 Å². The molecule has 106 valence electrons. The van der Waals surface area contributed by atoms with Gasteiger partial charge in [-0.1, -0.05) is 29.8 Å². The van der Waals surface area contributed by atoms with Crippen molar-refractivity contribution in [3.63, 3.8) is 0 Å². The predicted molar refractivity (Wildman–Crippen MR) is 78.8 cm³/mol. The molecule has 0 fully saturated rings. The summed E-state index contributed by atoms with van der Waals surface area (Å²) >= 11 is 3.51. The highest BCUT2D eigenvalue weighted by atomic mass is 79.9. The van der Waals surface area contributed by atoms with Crippen LogP contribution in [0.25, 0.3) is 0 Å². The first-order chi connectivity index (χ1) is 8.79. The zero-order valence-corrected chi connectivity index (χ0v) is 13.2. The van der Waals surface area contributed by atoms with E-state index < -0.39 is 12.0 Å². The molecular weight excluding hydrogens is 310 g/mol. The van der Waals surface area contributed by atoms with Gasteiger partial charge in [0.05, 0.1) is 7.11 Å². The molecule has 1 aromatic rings. The summed E-state index contributed by atoms with van der Waals surface area (Å²) in [6.07, 6.45) is 0.253. The number of carbonyl (C=O) groups is 1. The summed E-state index contributed by atoms with van der Waals surface area (Å²) in [6.45, 7) is 6.07. The number of carboxylic acid groups (broad SMARTS) is 1. The van der Waals surface area contributed by atoms with Crippen LogP contribution in [0.1, 0.15) is 36.5 Å². The van der Waals surface area contributed by atoms with E-state index in [2.05, 4.69) is 29.8 Å².